The molecule has 0 aliphatic carbocycles. The van der Waals surface area contributed by atoms with E-state index in [1.165, 1.54) is 11.0 Å². The van der Waals surface area contributed by atoms with Crippen molar-refractivity contribution in [3.05, 3.63) is 212 Å². The normalized spacial score (nSPS) is 15.3. The van der Waals surface area contributed by atoms with E-state index in [2.05, 4.69) is 0 Å². The zero-order valence-electron chi connectivity index (χ0n) is 44.4. The molecule has 0 bridgehead atoms. The summed E-state index contributed by atoms with van der Waals surface area (Å²) in [6, 6.07) is 29.8. The summed E-state index contributed by atoms with van der Waals surface area (Å²) in [7, 11) is 0. The number of hydrogen-bond donors (Lipinski definition) is 0. The quantitative estimate of drug-likeness (QED) is 0.159. The lowest BCUT2D eigenvalue weighted by Gasteiger charge is -2.26. The first-order valence-electron chi connectivity index (χ1n) is 25.4. The zero-order valence-corrected chi connectivity index (χ0v) is 29.4. The van der Waals surface area contributed by atoms with Crippen LogP contribution in [0.1, 0.15) is 20.6 Å². The van der Waals surface area contributed by atoms with Gasteiger partial charge in [-0.25, -0.2) is 0 Å². The molecule has 2 nitrogen and oxygen atoms in total. The van der Waals surface area contributed by atoms with Crippen LogP contribution in [0.4, 0.5) is 17.1 Å². The Bertz CT molecular complexity index is 4070. The van der Waals surface area contributed by atoms with Crippen molar-refractivity contribution in [3.8, 4) is 33.4 Å². The molecule has 0 N–H and O–H groups in total. The molecule has 0 radical (unpaired) electrons. The summed E-state index contributed by atoms with van der Waals surface area (Å²) in [5.74, 6) is 0. The molecular weight excluding hydrogens is 679 g/mol. The highest BCUT2D eigenvalue weighted by molar-refractivity contribution is 6.19. The summed E-state index contributed by atoms with van der Waals surface area (Å²) >= 11 is 0. The summed E-state index contributed by atoms with van der Waals surface area (Å²) < 4.78 is 139. The molecule has 1 aromatic heterocycles. The number of nitrogens with zero attached hydrogens (tertiary/aromatic N) is 1. The van der Waals surface area contributed by atoms with E-state index >= 15 is 0 Å². The summed E-state index contributed by atoms with van der Waals surface area (Å²) in [5.41, 5.74) is 2.43. The summed E-state index contributed by atoms with van der Waals surface area (Å²) in [6.07, 6.45) is 0. The third-order valence-electron chi connectivity index (χ3n) is 10.1. The van der Waals surface area contributed by atoms with Crippen molar-refractivity contribution in [2.75, 3.05) is 4.90 Å². The molecule has 0 unspecified atom stereocenters. The average Bonchev–Trinajstić information content (AvgIpc) is 3.76. The predicted molar refractivity (Wildman–Crippen MR) is 237 cm³/mol. The van der Waals surface area contributed by atoms with Crippen LogP contribution in [0.3, 0.4) is 0 Å². The fraction of sp³-hybridized carbons (Fsp3) is 0. The van der Waals surface area contributed by atoms with Gasteiger partial charge in [-0.3, -0.25) is 0 Å². The van der Waals surface area contributed by atoms with Gasteiger partial charge in [0.25, 0.3) is 0 Å². The van der Waals surface area contributed by atoms with Crippen molar-refractivity contribution in [3.63, 3.8) is 0 Å². The molecular formula is C54H35NO. The maximum Gasteiger partial charge on any atom is 0.136 e. The fourth-order valence-electron chi connectivity index (χ4n) is 7.51. The first kappa shape index (κ1) is 20.3. The van der Waals surface area contributed by atoms with Crippen LogP contribution in [0.25, 0.3) is 87.6 Å². The van der Waals surface area contributed by atoms with E-state index in [9.17, 15) is 6.85 Å². The zero-order chi connectivity index (χ0) is 50.1. The number of hydrogen-bond acceptors (Lipinski definition) is 2. The van der Waals surface area contributed by atoms with Gasteiger partial charge in [0, 0.05) is 27.8 Å². The predicted octanol–water partition coefficient (Wildman–Crippen LogP) is 15.5. The van der Waals surface area contributed by atoms with Crippen LogP contribution >= 0.6 is 0 Å². The Labute approximate surface area is 346 Å². The van der Waals surface area contributed by atoms with Crippen molar-refractivity contribution in [2.45, 2.75) is 0 Å². The highest BCUT2D eigenvalue weighted by atomic mass is 16.3. The Balaban J connectivity index is 1.11. The summed E-state index contributed by atoms with van der Waals surface area (Å²) in [4.78, 5) is 1.53. The highest BCUT2D eigenvalue weighted by Crippen LogP contribution is 2.41. The maximum absolute atomic E-state index is 9.68. The Morgan fingerprint density at radius 2 is 1.12 bits per heavy atom. The van der Waals surface area contributed by atoms with Gasteiger partial charge in [0.1, 0.15) is 11.2 Å². The van der Waals surface area contributed by atoms with Crippen LogP contribution in [-0.4, -0.2) is 0 Å². The lowest BCUT2D eigenvalue weighted by atomic mass is 9.93. The van der Waals surface area contributed by atoms with Crippen molar-refractivity contribution < 1.29 is 25.0 Å². The minimum atomic E-state index is -0.552. The second kappa shape index (κ2) is 13.2. The standard InChI is InChI=1S/C54H35NO/c1-2-11-36(12-3-1)39-14-10-15-45(34-39)55(44-29-23-38(24-30-44)51-35-41-13-4-5-16-46(41)48-17-6-7-18-49(48)51)43-27-21-37(22-28-43)40-25-31-47-42(33-40)26-32-53-54(47)50-19-8-9-20-52(50)56-53/h1-35H/i1D,2D,3D,8D,9D,11D,12D,19D,23D,24D,26D,29D,30D,31D,32D. The molecule has 2 heteroatoms. The molecule has 0 aliphatic heterocycles. The van der Waals surface area contributed by atoms with Crippen molar-refractivity contribution in [2.24, 2.45) is 0 Å². The van der Waals surface area contributed by atoms with E-state index in [0.717, 1.165) is 21.5 Å². The van der Waals surface area contributed by atoms with Gasteiger partial charge in [-0.1, -0.05) is 151 Å². The Morgan fingerprint density at radius 3 is 1.98 bits per heavy atom. The molecule has 10 aromatic carbocycles. The van der Waals surface area contributed by atoms with Crippen LogP contribution < -0.4 is 4.90 Å². The molecule has 0 saturated heterocycles. The monoisotopic (exact) mass is 728 g/mol. The average molecular weight is 729 g/mol. The van der Waals surface area contributed by atoms with Crippen molar-refractivity contribution in [1.29, 1.82) is 0 Å². The largest absolute Gasteiger partial charge is 0.456 e. The maximum atomic E-state index is 9.68. The highest BCUT2D eigenvalue weighted by Gasteiger charge is 2.16. The number of furan rings is 1. The van der Waals surface area contributed by atoms with Crippen LogP contribution in [0.15, 0.2) is 216 Å². The van der Waals surface area contributed by atoms with Gasteiger partial charge in [-0.15, -0.1) is 0 Å². The number of fused-ring (bicyclic) bond motifs is 8. The minimum absolute atomic E-state index is 0.0230. The van der Waals surface area contributed by atoms with Crippen molar-refractivity contribution >= 4 is 71.3 Å². The van der Waals surface area contributed by atoms with Gasteiger partial charge >= 0.3 is 0 Å². The van der Waals surface area contributed by atoms with E-state index in [1.807, 2.05) is 54.6 Å². The van der Waals surface area contributed by atoms with Gasteiger partial charge in [-0.2, -0.15) is 0 Å². The van der Waals surface area contributed by atoms with E-state index in [1.54, 1.807) is 60.7 Å². The molecule has 0 amide bonds. The Morgan fingerprint density at radius 1 is 0.357 bits per heavy atom. The van der Waals surface area contributed by atoms with E-state index < -0.39 is 30.2 Å². The van der Waals surface area contributed by atoms with Gasteiger partial charge in [0.05, 0.1) is 20.6 Å². The smallest absolute Gasteiger partial charge is 0.136 e. The van der Waals surface area contributed by atoms with E-state index in [-0.39, 0.29) is 121 Å². The molecule has 0 atom stereocenters. The Hall–Kier alpha value is -7.42. The fourth-order valence-corrected chi connectivity index (χ4v) is 7.51. The molecule has 262 valence electrons. The summed E-state index contributed by atoms with van der Waals surface area (Å²) in [6.45, 7) is 0. The first-order valence-corrected chi connectivity index (χ1v) is 17.9. The lowest BCUT2D eigenvalue weighted by molar-refractivity contribution is 0.669. The van der Waals surface area contributed by atoms with Gasteiger partial charge in [0.15, 0.2) is 0 Å². The van der Waals surface area contributed by atoms with E-state index in [4.69, 9.17) is 18.1 Å². The number of benzene rings is 10. The number of rotatable bonds is 6. The minimum Gasteiger partial charge on any atom is -0.456 e. The molecule has 0 spiro atoms. The van der Waals surface area contributed by atoms with Gasteiger partial charge in [0.2, 0.25) is 0 Å². The van der Waals surface area contributed by atoms with Crippen LogP contribution in [0.2, 0.25) is 0 Å². The number of anilines is 3. The SMILES string of the molecule is [2H]c1cc2oc3c([2H])c([2H])c4cc(-c5ccc(N(c6cccc(-c7c([2H])c([2H])c([2H])c([2H])c7[2H])c6)c6c([2H])c([2H])c(-c7cc8ccccc8c8ccccc78)c([2H])c6[2H])cc5)cc([2H])c4c3c2c([2H])c1[2H]. The topological polar surface area (TPSA) is 16.4 Å². The van der Waals surface area contributed by atoms with E-state index in [0.29, 0.717) is 22.4 Å². The second-order valence-corrected chi connectivity index (χ2v) is 13.4. The van der Waals surface area contributed by atoms with Crippen molar-refractivity contribution in [1.82, 2.24) is 0 Å². The van der Waals surface area contributed by atoms with Crippen LogP contribution in [-0.2, 0) is 0 Å². The van der Waals surface area contributed by atoms with Gasteiger partial charge in [-0.05, 0) is 126 Å². The molecule has 11 rings (SSSR count). The van der Waals surface area contributed by atoms with Gasteiger partial charge < -0.3 is 9.32 Å². The third-order valence-corrected chi connectivity index (χ3v) is 10.1. The summed E-state index contributed by atoms with van der Waals surface area (Å²) in [5, 5.41) is 4.34. The second-order valence-electron chi connectivity index (χ2n) is 13.4. The Kier molecular flexibility index (Phi) is 4.77. The molecule has 0 fully saturated rings. The third kappa shape index (κ3) is 5.42. The van der Waals surface area contributed by atoms with Crippen LogP contribution in [0, 0.1) is 0 Å². The molecule has 0 aliphatic rings. The number of para-hydroxylation sites is 1. The molecule has 1 heterocycles. The lowest BCUT2D eigenvalue weighted by Crippen LogP contribution is -2.10. The van der Waals surface area contributed by atoms with Crippen LogP contribution in [0.5, 0.6) is 0 Å². The molecule has 0 saturated carbocycles. The molecule has 56 heavy (non-hydrogen) atoms. The molecule has 11 aromatic rings. The first-order chi connectivity index (χ1) is 34.0.